The summed E-state index contributed by atoms with van der Waals surface area (Å²) in [5.74, 6) is -0.0398. The number of hydrogen-bond donors (Lipinski definition) is 1. The number of anilines is 1. The van der Waals surface area contributed by atoms with E-state index in [-0.39, 0.29) is 11.2 Å². The molecule has 0 fully saturated rings. The van der Waals surface area contributed by atoms with Crippen LogP contribution in [-0.2, 0) is 4.79 Å². The zero-order valence-electron chi connectivity index (χ0n) is 11.9. The largest absolute Gasteiger partial charge is 0.365 e. The third-order valence-electron chi connectivity index (χ3n) is 3.43. The summed E-state index contributed by atoms with van der Waals surface area (Å²) in [5, 5.41) is -0.196. The average molecular weight is 315 g/mol. The monoisotopic (exact) mass is 315 g/mol. The van der Waals surface area contributed by atoms with Crippen LogP contribution in [0.4, 0.5) is 10.2 Å². The second-order valence-corrected chi connectivity index (χ2v) is 5.95. The van der Waals surface area contributed by atoms with Gasteiger partial charge in [-0.2, -0.15) is 0 Å². The number of primary amides is 1. The van der Waals surface area contributed by atoms with Crippen molar-refractivity contribution in [3.63, 3.8) is 0 Å². The molecule has 1 unspecified atom stereocenters. The van der Waals surface area contributed by atoms with Gasteiger partial charge in [-0.15, -0.1) is 0 Å². The first-order chi connectivity index (χ1) is 10.6. The van der Waals surface area contributed by atoms with Crippen molar-refractivity contribution in [2.24, 2.45) is 5.73 Å². The molecule has 0 saturated carbocycles. The topological polar surface area (TPSA) is 59.2 Å². The molecule has 0 radical (unpaired) electrons. The predicted molar refractivity (Wildman–Crippen MR) is 85.3 cm³/mol. The Morgan fingerprint density at radius 1 is 1.27 bits per heavy atom. The molecule has 4 nitrogen and oxygen atoms in total. The van der Waals surface area contributed by atoms with Gasteiger partial charge in [-0.05, 0) is 36.8 Å². The van der Waals surface area contributed by atoms with Crippen LogP contribution < -0.4 is 10.6 Å². The van der Waals surface area contributed by atoms with Crippen LogP contribution in [0.15, 0.2) is 59.3 Å². The minimum absolute atomic E-state index is 0.196. The molecule has 22 heavy (non-hydrogen) atoms. The number of nitrogens with two attached hydrogens (primary N) is 1. The number of allylic oxidation sites excluding steroid dienone is 1. The molecule has 1 atom stereocenters. The molecule has 3 rings (SSSR count). The van der Waals surface area contributed by atoms with Gasteiger partial charge in [-0.3, -0.25) is 4.79 Å². The third-order valence-corrected chi connectivity index (χ3v) is 4.87. The maximum Gasteiger partial charge on any atom is 0.256 e. The molecule has 1 amide bonds. The smallest absolute Gasteiger partial charge is 0.256 e. The number of carbonyl (C=O) groups excluding carboxylic acids is 1. The lowest BCUT2D eigenvalue weighted by molar-refractivity contribution is -0.113. The third kappa shape index (κ3) is 2.57. The number of halogens is 1. The second kappa shape index (κ2) is 5.81. The Bertz CT molecular complexity index is 731. The minimum atomic E-state index is -0.465. The van der Waals surface area contributed by atoms with Gasteiger partial charge >= 0.3 is 0 Å². The van der Waals surface area contributed by atoms with Gasteiger partial charge in [0.05, 0.1) is 4.91 Å². The number of nitrogens with zero attached hydrogens (tertiary/aromatic N) is 2. The van der Waals surface area contributed by atoms with Crippen LogP contribution in [0.2, 0.25) is 0 Å². The van der Waals surface area contributed by atoms with Crippen molar-refractivity contribution in [3.8, 4) is 0 Å². The van der Waals surface area contributed by atoms with E-state index in [0.29, 0.717) is 4.91 Å². The van der Waals surface area contributed by atoms with Crippen molar-refractivity contribution in [2.45, 2.75) is 12.3 Å². The van der Waals surface area contributed by atoms with E-state index in [9.17, 15) is 9.18 Å². The number of aromatic nitrogens is 1. The Morgan fingerprint density at radius 2 is 2.00 bits per heavy atom. The van der Waals surface area contributed by atoms with Crippen LogP contribution in [0.3, 0.4) is 0 Å². The zero-order valence-corrected chi connectivity index (χ0v) is 12.7. The van der Waals surface area contributed by atoms with Gasteiger partial charge in [-0.25, -0.2) is 9.37 Å². The number of pyridine rings is 1. The number of rotatable bonds is 3. The quantitative estimate of drug-likeness (QED) is 0.945. The van der Waals surface area contributed by atoms with E-state index in [2.05, 4.69) is 4.98 Å². The molecule has 112 valence electrons. The van der Waals surface area contributed by atoms with E-state index in [1.807, 2.05) is 30.0 Å². The summed E-state index contributed by atoms with van der Waals surface area (Å²) < 4.78 is 13.2. The first-order valence-corrected chi connectivity index (χ1v) is 7.59. The van der Waals surface area contributed by atoms with E-state index in [1.54, 1.807) is 18.3 Å². The van der Waals surface area contributed by atoms with Crippen LogP contribution in [0.25, 0.3) is 0 Å². The SMILES string of the molecule is CC1=C(C(N)=O)SC(c2ccc(F)cc2)N1c1ccccn1. The Kier molecular flexibility index (Phi) is 3.85. The number of carbonyl (C=O) groups is 1. The highest BCUT2D eigenvalue weighted by Gasteiger charge is 2.35. The van der Waals surface area contributed by atoms with E-state index < -0.39 is 5.91 Å². The minimum Gasteiger partial charge on any atom is -0.365 e. The van der Waals surface area contributed by atoms with Crippen molar-refractivity contribution < 1.29 is 9.18 Å². The lowest BCUT2D eigenvalue weighted by Crippen LogP contribution is -2.22. The standard InChI is InChI=1S/C16H14FN3OS/c1-10-14(15(18)21)22-16(11-5-7-12(17)8-6-11)20(10)13-4-2-3-9-19-13/h2-9,16H,1H3,(H2,18,21). The Balaban J connectivity index is 2.06. The lowest BCUT2D eigenvalue weighted by Gasteiger charge is -2.26. The van der Waals surface area contributed by atoms with Gasteiger partial charge in [0.25, 0.3) is 5.91 Å². The molecule has 1 aromatic carbocycles. The molecule has 1 aliphatic rings. The van der Waals surface area contributed by atoms with Crippen molar-refractivity contribution in [1.29, 1.82) is 0 Å². The number of hydrogen-bond acceptors (Lipinski definition) is 4. The highest BCUT2D eigenvalue weighted by Crippen LogP contribution is 2.48. The molecule has 0 saturated heterocycles. The highest BCUT2D eigenvalue weighted by molar-refractivity contribution is 8.04. The highest BCUT2D eigenvalue weighted by atomic mass is 32.2. The van der Waals surface area contributed by atoms with Gasteiger partial charge in [0, 0.05) is 11.9 Å². The molecule has 0 spiro atoms. The lowest BCUT2D eigenvalue weighted by atomic mass is 10.2. The van der Waals surface area contributed by atoms with E-state index in [0.717, 1.165) is 17.1 Å². The van der Waals surface area contributed by atoms with Crippen molar-refractivity contribution in [3.05, 3.63) is 70.6 Å². The predicted octanol–water partition coefficient (Wildman–Crippen LogP) is 3.19. The fraction of sp³-hybridized carbons (Fsp3) is 0.125. The van der Waals surface area contributed by atoms with E-state index >= 15 is 0 Å². The molecule has 0 aliphatic carbocycles. The fourth-order valence-corrected chi connectivity index (χ4v) is 3.68. The van der Waals surface area contributed by atoms with E-state index in [1.165, 1.54) is 23.9 Å². The Labute approximate surface area is 131 Å². The van der Waals surface area contributed by atoms with Gasteiger partial charge in [0.1, 0.15) is 17.0 Å². The number of thioether (sulfide) groups is 1. The first kappa shape index (κ1) is 14.6. The van der Waals surface area contributed by atoms with Crippen LogP contribution >= 0.6 is 11.8 Å². The van der Waals surface area contributed by atoms with Crippen molar-refractivity contribution >= 4 is 23.5 Å². The second-order valence-electron chi connectivity index (χ2n) is 4.86. The average Bonchev–Trinajstić information content (AvgIpc) is 2.86. The van der Waals surface area contributed by atoms with Gasteiger partial charge in [0.2, 0.25) is 0 Å². The molecular formula is C16H14FN3OS. The van der Waals surface area contributed by atoms with Crippen LogP contribution in [0.5, 0.6) is 0 Å². The molecule has 2 N–H and O–H groups in total. The summed E-state index contributed by atoms with van der Waals surface area (Å²) in [6.07, 6.45) is 1.69. The first-order valence-electron chi connectivity index (χ1n) is 6.71. The van der Waals surface area contributed by atoms with Crippen LogP contribution in [0, 0.1) is 5.82 Å². The summed E-state index contributed by atoms with van der Waals surface area (Å²) >= 11 is 1.36. The van der Waals surface area contributed by atoms with Gasteiger partial charge in [-0.1, -0.05) is 30.0 Å². The summed E-state index contributed by atoms with van der Waals surface area (Å²) in [5.41, 5.74) is 7.11. The normalized spacial score (nSPS) is 17.9. The number of amides is 1. The fourth-order valence-electron chi connectivity index (χ4n) is 2.40. The zero-order chi connectivity index (χ0) is 15.7. The molecule has 6 heteroatoms. The molecular weight excluding hydrogens is 301 g/mol. The maximum absolute atomic E-state index is 13.2. The van der Waals surface area contributed by atoms with Gasteiger partial charge < -0.3 is 10.6 Å². The molecule has 2 heterocycles. The Hall–Kier alpha value is -2.34. The van der Waals surface area contributed by atoms with Crippen LogP contribution in [0.1, 0.15) is 17.9 Å². The van der Waals surface area contributed by atoms with Gasteiger partial charge in [0.15, 0.2) is 0 Å². The van der Waals surface area contributed by atoms with Crippen LogP contribution in [-0.4, -0.2) is 10.9 Å². The maximum atomic E-state index is 13.2. The molecule has 1 aromatic heterocycles. The summed E-state index contributed by atoms with van der Waals surface area (Å²) in [7, 11) is 0. The Morgan fingerprint density at radius 3 is 2.59 bits per heavy atom. The summed E-state index contributed by atoms with van der Waals surface area (Å²) in [6.45, 7) is 1.84. The summed E-state index contributed by atoms with van der Waals surface area (Å²) in [4.78, 5) is 18.4. The number of benzene rings is 1. The summed E-state index contributed by atoms with van der Waals surface area (Å²) in [6, 6.07) is 11.8. The van der Waals surface area contributed by atoms with Crippen molar-refractivity contribution in [1.82, 2.24) is 4.98 Å². The molecule has 0 bridgehead atoms. The molecule has 1 aliphatic heterocycles. The molecule has 2 aromatic rings. The van der Waals surface area contributed by atoms with Crippen molar-refractivity contribution in [2.75, 3.05) is 4.90 Å². The van der Waals surface area contributed by atoms with E-state index in [4.69, 9.17) is 5.73 Å².